The van der Waals surface area contributed by atoms with Gasteiger partial charge in [0.1, 0.15) is 0 Å². The van der Waals surface area contributed by atoms with Crippen molar-refractivity contribution in [1.82, 2.24) is 0 Å². The van der Waals surface area contributed by atoms with Gasteiger partial charge in [0.2, 0.25) is 0 Å². The molecule has 0 aromatic heterocycles. The van der Waals surface area contributed by atoms with E-state index in [4.69, 9.17) is 0.594 Å². The van der Waals surface area contributed by atoms with Gasteiger partial charge in [-0.15, -0.1) is 0 Å². The Balaban J connectivity index is 2.83. The minimum absolute atomic E-state index is 0.0332. The van der Waals surface area contributed by atoms with E-state index < -0.39 is 19.9 Å². The van der Waals surface area contributed by atoms with Crippen molar-refractivity contribution in [1.29, 1.82) is 0.594 Å². The molecule has 1 unspecified atom stereocenters. The zero-order valence-corrected chi connectivity index (χ0v) is 6.02. The maximum absolute atomic E-state index is 9.46. The van der Waals surface area contributed by atoms with E-state index in [0.29, 0.717) is 0 Å². The van der Waals surface area contributed by atoms with Crippen LogP contribution in [0.2, 0.25) is 0 Å². The van der Waals surface area contributed by atoms with Gasteiger partial charge in [-0.25, -0.2) is 0 Å². The first-order valence-corrected chi connectivity index (χ1v) is 8.34. The van der Waals surface area contributed by atoms with Gasteiger partial charge in [0.05, 0.1) is 0 Å². The molecule has 0 N–H and O–H groups in total. The van der Waals surface area contributed by atoms with Crippen molar-refractivity contribution in [3.8, 4) is 0 Å². The van der Waals surface area contributed by atoms with E-state index in [-0.39, 0.29) is 6.10 Å². The summed E-state index contributed by atoms with van der Waals surface area (Å²) in [5.74, 6) is 0. The summed E-state index contributed by atoms with van der Waals surface area (Å²) in [6, 6.07) is 0. The summed E-state index contributed by atoms with van der Waals surface area (Å²) >= 11 is -1.70. The Hall–Kier alpha value is 1.26. The summed E-state index contributed by atoms with van der Waals surface area (Å²) in [7, 11) is 0. The van der Waals surface area contributed by atoms with E-state index in [1.807, 2.05) is 0 Å². The van der Waals surface area contributed by atoms with Crippen molar-refractivity contribution in [3.63, 3.8) is 0 Å². The summed E-state index contributed by atoms with van der Waals surface area (Å²) in [4.78, 5) is 0. The fourth-order valence-electron chi connectivity index (χ4n) is 0. The Morgan fingerprint density at radius 2 is 2.75 bits per heavy atom. The molecule has 0 radical (unpaired) electrons. The first-order chi connectivity index (χ1) is 2.27. The van der Waals surface area contributed by atoms with Crippen molar-refractivity contribution in [2.45, 2.75) is 0 Å². The molecule has 4 heteroatoms. The zero-order chi connectivity index (χ0) is 4.28. The Kier molecular flexibility index (Phi) is 3.67. The van der Waals surface area contributed by atoms with Crippen LogP contribution in [0.25, 0.3) is 0 Å². The Labute approximate surface area is 38.4 Å². The van der Waals surface area contributed by atoms with Gasteiger partial charge in [-0.2, -0.15) is 0 Å². The molecule has 4 heavy (non-hydrogen) atoms. The number of halogens is 1. The quantitative estimate of drug-likeness (QED) is 0.475. The zero-order valence-electron chi connectivity index (χ0n) is 2.81. The monoisotopic (exact) mass is 210 g/mol. The summed E-state index contributed by atoms with van der Waals surface area (Å²) in [6.07, 6.45) is 0.0332. The van der Waals surface area contributed by atoms with Crippen LogP contribution in [0, 0.1) is 0 Å². The molecule has 0 saturated carbocycles. The molecule has 0 aromatic rings. The molecule has 0 amide bonds. The van der Waals surface area contributed by atoms with Crippen LogP contribution in [0.1, 0.15) is 0 Å². The molecule has 0 aliphatic heterocycles. The molecule has 0 aromatic carbocycles. The van der Waals surface area contributed by atoms with Crippen molar-refractivity contribution in [3.05, 3.63) is 0 Å². The molecule has 26 valence electrons. The second-order valence-corrected chi connectivity index (χ2v) is 7.28. The topological polar surface area (TPSA) is 17.1 Å². The van der Waals surface area contributed by atoms with Gasteiger partial charge in [0.25, 0.3) is 0 Å². The summed E-state index contributed by atoms with van der Waals surface area (Å²) in [6.45, 7) is 2.23. The molecule has 0 bridgehead atoms. The minimum atomic E-state index is -1.70. The maximum atomic E-state index is 9.46. The standard InChI is InChI=1S/H3IOP2/c2-4-1-3/h1H,3H2/i1T. The van der Waals surface area contributed by atoms with Crippen molar-refractivity contribution in [2.24, 2.45) is 0 Å². The molecule has 1 atom stereocenters. The van der Waals surface area contributed by atoms with Crippen molar-refractivity contribution in [2.75, 3.05) is 0 Å². The third-order valence-corrected chi connectivity index (χ3v) is 2.41. The van der Waals surface area contributed by atoms with Gasteiger partial charge in [-0.05, 0) is 0 Å². The van der Waals surface area contributed by atoms with Crippen LogP contribution >= 0.6 is 32.9 Å². The van der Waals surface area contributed by atoms with E-state index in [2.05, 4.69) is 6.88 Å². The van der Waals surface area contributed by atoms with E-state index in [0.717, 1.165) is 0 Å². The van der Waals surface area contributed by atoms with Gasteiger partial charge in [0.15, 0.2) is 0 Å². The van der Waals surface area contributed by atoms with E-state index in [1.54, 1.807) is 0 Å². The predicted molar refractivity (Wildman–Crippen MR) is 32.7 cm³/mol. The third-order valence-electron chi connectivity index (χ3n) is 0.0398. The van der Waals surface area contributed by atoms with E-state index in [1.165, 1.54) is 0 Å². The van der Waals surface area contributed by atoms with Gasteiger partial charge >= 0.3 is 38.1 Å². The Morgan fingerprint density at radius 3 is 2.75 bits per heavy atom. The van der Waals surface area contributed by atoms with Gasteiger partial charge in [0, 0.05) is 0 Å². The molecule has 0 aliphatic carbocycles. The molecule has 0 saturated heterocycles. The molecule has 0 fully saturated rings. The molecular weight excluding hydrogens is 205 g/mol. The summed E-state index contributed by atoms with van der Waals surface area (Å²) in [5.41, 5.74) is 0. The van der Waals surface area contributed by atoms with Crippen LogP contribution in [0.15, 0.2) is 0 Å². The fraction of sp³-hybridized carbons (Fsp3) is 0. The molecule has 0 spiro atoms. The van der Waals surface area contributed by atoms with Crippen LogP contribution in [0.5, 0.6) is 0 Å². The summed E-state index contributed by atoms with van der Waals surface area (Å²) < 4.78 is 16.1. The van der Waals surface area contributed by atoms with Crippen LogP contribution < -0.4 is 0 Å². The van der Waals surface area contributed by atoms with E-state index >= 15 is 0 Å². The first-order valence-electron chi connectivity index (χ1n) is 0.948. The van der Waals surface area contributed by atoms with Crippen LogP contribution in [0.4, 0.5) is 0 Å². The SMILES string of the molecule is [3H]I(P)P=O. The second kappa shape index (κ2) is 4.26. The van der Waals surface area contributed by atoms with Gasteiger partial charge in [-0.3, -0.25) is 0 Å². The number of hydrogen-bond donors (Lipinski definition) is 0. The van der Waals surface area contributed by atoms with Crippen molar-refractivity contribution < 1.29 is 4.57 Å². The van der Waals surface area contributed by atoms with Gasteiger partial charge in [-0.1, -0.05) is 0 Å². The second-order valence-electron chi connectivity index (χ2n) is 0.167. The average Bonchev–Trinajstić information content (AvgIpc) is 1.38. The molecule has 0 heterocycles. The van der Waals surface area contributed by atoms with Gasteiger partial charge < -0.3 is 0 Å². The predicted octanol–water partition coefficient (Wildman–Crippen LogP) is 1.69. The fourth-order valence-corrected chi connectivity index (χ4v) is 0. The van der Waals surface area contributed by atoms with Crippen molar-refractivity contribution >= 4 is 32.9 Å². The third kappa shape index (κ3) is 3.26. The Morgan fingerprint density at radius 1 is 2.50 bits per heavy atom. The molecule has 0 aliphatic rings. The Bertz CT molecular complexity index is 36.6. The number of rotatable bonds is 1. The molecular formula is H3IOP2. The van der Waals surface area contributed by atoms with Crippen LogP contribution in [-0.4, -0.2) is 0.594 Å². The van der Waals surface area contributed by atoms with Crippen LogP contribution in [0.3, 0.4) is 0 Å². The number of hydrogen-bond acceptors (Lipinski definition) is 1. The molecule has 1 nitrogen and oxygen atoms in total. The first kappa shape index (κ1) is 3.45. The van der Waals surface area contributed by atoms with Crippen LogP contribution in [-0.2, 0) is 4.57 Å². The molecule has 0 rings (SSSR count). The summed E-state index contributed by atoms with van der Waals surface area (Å²) in [5, 5.41) is 0. The van der Waals surface area contributed by atoms with E-state index in [9.17, 15) is 4.57 Å². The normalized spacial score (nSPS) is 15.2. The average molecular weight is 210 g/mol.